The van der Waals surface area contributed by atoms with Crippen molar-refractivity contribution in [3.05, 3.63) is 47.8 Å². The van der Waals surface area contributed by atoms with Gasteiger partial charge in [0.15, 0.2) is 0 Å². The molecule has 0 amide bonds. The second-order valence-electron chi connectivity index (χ2n) is 6.51. The van der Waals surface area contributed by atoms with Crippen molar-refractivity contribution in [2.24, 2.45) is 0 Å². The van der Waals surface area contributed by atoms with Crippen LogP contribution in [0.1, 0.15) is 20.8 Å². The fourth-order valence-corrected chi connectivity index (χ4v) is 2.95. The number of allylic oxidation sites excluding steroid dienone is 2. The zero-order valence-corrected chi connectivity index (χ0v) is 15.8. The first-order chi connectivity index (χ1) is 12.4. The summed E-state index contributed by atoms with van der Waals surface area (Å²) in [7, 11) is 1.67. The minimum atomic E-state index is -0.258. The lowest BCUT2D eigenvalue weighted by Crippen LogP contribution is -2.30. The monoisotopic (exact) mass is 357 g/mol. The van der Waals surface area contributed by atoms with E-state index in [-0.39, 0.29) is 23.9 Å². The molecule has 1 aliphatic rings. The highest BCUT2D eigenvalue weighted by atomic mass is 16.3. The average molecular weight is 357 g/mol. The van der Waals surface area contributed by atoms with Gasteiger partial charge in [-0.25, -0.2) is 0 Å². The topological polar surface area (TPSA) is 72.9 Å². The fourth-order valence-electron chi connectivity index (χ4n) is 2.95. The van der Waals surface area contributed by atoms with Crippen LogP contribution in [0.2, 0.25) is 0 Å². The largest absolute Gasteiger partial charge is 0.395 e. The van der Waals surface area contributed by atoms with E-state index >= 15 is 0 Å². The molecule has 0 unspecified atom stereocenters. The molecule has 0 bridgehead atoms. The Balaban J connectivity index is 2.11. The van der Waals surface area contributed by atoms with E-state index in [4.69, 9.17) is 5.11 Å². The van der Waals surface area contributed by atoms with E-state index in [0.717, 1.165) is 17.9 Å². The van der Waals surface area contributed by atoms with Crippen molar-refractivity contribution >= 4 is 22.9 Å². The molecular formula is C20H27N3O3. The van der Waals surface area contributed by atoms with Gasteiger partial charge in [-0.15, -0.1) is 0 Å². The third kappa shape index (κ3) is 4.52. The third-order valence-corrected chi connectivity index (χ3v) is 4.35. The summed E-state index contributed by atoms with van der Waals surface area (Å²) in [6.45, 7) is 7.53. The van der Waals surface area contributed by atoms with Crippen molar-refractivity contribution in [3.8, 4) is 0 Å². The quantitative estimate of drug-likeness (QED) is 0.695. The van der Waals surface area contributed by atoms with Gasteiger partial charge >= 0.3 is 0 Å². The van der Waals surface area contributed by atoms with Crippen molar-refractivity contribution < 1.29 is 14.7 Å². The zero-order chi connectivity index (χ0) is 19.3. The minimum absolute atomic E-state index is 0.0817. The molecule has 0 saturated heterocycles. The number of nitrogens with one attached hydrogen (secondary N) is 1. The van der Waals surface area contributed by atoms with Crippen LogP contribution >= 0.6 is 0 Å². The van der Waals surface area contributed by atoms with Gasteiger partial charge in [-0.2, -0.15) is 0 Å². The molecule has 0 radical (unpaired) electrons. The number of anilines is 2. The molecule has 140 valence electrons. The molecule has 2 rings (SSSR count). The standard InChI is InChI=1S/C20H27N3O3/c1-5-23(14(2)3)16-8-6-15(7-9-16)21-17-12-20(26)18(13-19(17)25)22(4)10-11-24/h6-9,12-14,21,24H,5,10-11H2,1-4H3. The fraction of sp³-hybridized carbons (Fsp3) is 0.400. The minimum Gasteiger partial charge on any atom is -0.395 e. The van der Waals surface area contributed by atoms with Gasteiger partial charge in [0.05, 0.1) is 18.0 Å². The number of likely N-dealkylation sites (N-methyl/N-ethyl adjacent to an activating group) is 1. The number of aliphatic hydroxyl groups excluding tert-OH is 1. The van der Waals surface area contributed by atoms with Gasteiger partial charge in [0.25, 0.3) is 0 Å². The predicted molar refractivity (Wildman–Crippen MR) is 104 cm³/mol. The van der Waals surface area contributed by atoms with Gasteiger partial charge < -0.3 is 20.2 Å². The molecule has 1 aliphatic carbocycles. The molecule has 26 heavy (non-hydrogen) atoms. The molecule has 6 heteroatoms. The number of carbonyl (C=O) groups excluding carboxylic acids is 2. The van der Waals surface area contributed by atoms with Crippen molar-refractivity contribution in [1.29, 1.82) is 0 Å². The molecule has 6 nitrogen and oxygen atoms in total. The van der Waals surface area contributed by atoms with Crippen LogP contribution in [0.3, 0.4) is 0 Å². The van der Waals surface area contributed by atoms with E-state index in [1.807, 2.05) is 24.3 Å². The van der Waals surface area contributed by atoms with Gasteiger partial charge in [0.1, 0.15) is 0 Å². The van der Waals surface area contributed by atoms with E-state index in [2.05, 4.69) is 31.0 Å². The number of benzene rings is 1. The summed E-state index contributed by atoms with van der Waals surface area (Å²) < 4.78 is 0. The summed E-state index contributed by atoms with van der Waals surface area (Å²) in [4.78, 5) is 28.4. The molecular weight excluding hydrogens is 330 g/mol. The van der Waals surface area contributed by atoms with Crippen molar-refractivity contribution in [2.75, 3.05) is 37.0 Å². The zero-order valence-electron chi connectivity index (χ0n) is 15.8. The number of rotatable bonds is 8. The van der Waals surface area contributed by atoms with E-state index in [1.54, 1.807) is 11.9 Å². The first-order valence-corrected chi connectivity index (χ1v) is 8.85. The van der Waals surface area contributed by atoms with E-state index in [0.29, 0.717) is 18.3 Å². The lowest BCUT2D eigenvalue weighted by atomic mass is 10.1. The van der Waals surface area contributed by atoms with Gasteiger partial charge in [-0.1, -0.05) is 0 Å². The summed E-state index contributed by atoms with van der Waals surface area (Å²) in [5, 5.41) is 12.0. The number of aliphatic hydroxyl groups is 1. The Morgan fingerprint density at radius 1 is 1.08 bits per heavy atom. The molecule has 0 atom stereocenters. The van der Waals surface area contributed by atoms with Crippen LogP contribution < -0.4 is 10.2 Å². The summed E-state index contributed by atoms with van der Waals surface area (Å²) in [6.07, 6.45) is 2.62. The summed E-state index contributed by atoms with van der Waals surface area (Å²) in [5.74, 6) is -0.512. The van der Waals surface area contributed by atoms with Crippen molar-refractivity contribution in [1.82, 2.24) is 4.90 Å². The maximum absolute atomic E-state index is 12.3. The number of hydrogen-bond acceptors (Lipinski definition) is 6. The molecule has 0 saturated carbocycles. The normalized spacial score (nSPS) is 14.2. The third-order valence-electron chi connectivity index (χ3n) is 4.35. The van der Waals surface area contributed by atoms with Gasteiger partial charge in [-0.05, 0) is 45.0 Å². The van der Waals surface area contributed by atoms with Crippen LogP contribution in [0.15, 0.2) is 47.8 Å². The smallest absolute Gasteiger partial charge is 0.204 e. The molecule has 0 fully saturated rings. The van der Waals surface area contributed by atoms with E-state index in [1.165, 1.54) is 12.2 Å². The summed E-state index contributed by atoms with van der Waals surface area (Å²) in [5.41, 5.74) is 2.41. The maximum Gasteiger partial charge on any atom is 0.204 e. The van der Waals surface area contributed by atoms with Gasteiger partial charge in [0.2, 0.25) is 11.6 Å². The van der Waals surface area contributed by atoms with E-state index < -0.39 is 0 Å². The lowest BCUT2D eigenvalue weighted by Gasteiger charge is -2.27. The molecule has 0 heterocycles. The average Bonchev–Trinajstić information content (AvgIpc) is 2.59. The lowest BCUT2D eigenvalue weighted by molar-refractivity contribution is -0.116. The Labute approximate surface area is 154 Å². The Bertz CT molecular complexity index is 720. The van der Waals surface area contributed by atoms with Crippen LogP contribution in [0.25, 0.3) is 0 Å². The Kier molecular flexibility index (Phi) is 6.58. The molecule has 1 aromatic carbocycles. The first kappa shape index (κ1) is 19.7. The molecule has 1 aromatic rings. The van der Waals surface area contributed by atoms with Gasteiger partial charge in [-0.3, -0.25) is 9.59 Å². The Morgan fingerprint density at radius 3 is 2.27 bits per heavy atom. The molecule has 2 N–H and O–H groups in total. The SMILES string of the molecule is CCN(c1ccc(NC2=CC(=O)C(N(C)CCO)=CC2=O)cc1)C(C)C. The molecule has 0 aromatic heterocycles. The highest BCUT2D eigenvalue weighted by Crippen LogP contribution is 2.22. The second-order valence-corrected chi connectivity index (χ2v) is 6.51. The summed E-state index contributed by atoms with van der Waals surface area (Å²) in [6, 6.07) is 8.19. The van der Waals surface area contributed by atoms with Crippen LogP contribution in [0.5, 0.6) is 0 Å². The van der Waals surface area contributed by atoms with Crippen molar-refractivity contribution in [2.45, 2.75) is 26.8 Å². The van der Waals surface area contributed by atoms with Crippen LogP contribution in [-0.2, 0) is 9.59 Å². The number of hydrogen-bond donors (Lipinski definition) is 2. The maximum atomic E-state index is 12.3. The Hall–Kier alpha value is -2.60. The first-order valence-electron chi connectivity index (χ1n) is 8.85. The molecule has 0 spiro atoms. The second kappa shape index (κ2) is 8.67. The molecule has 0 aliphatic heterocycles. The van der Waals surface area contributed by atoms with Gasteiger partial charge in [0, 0.05) is 49.7 Å². The van der Waals surface area contributed by atoms with Crippen LogP contribution in [0, 0.1) is 0 Å². The Morgan fingerprint density at radius 2 is 1.73 bits per heavy atom. The predicted octanol–water partition coefficient (Wildman–Crippen LogP) is 2.18. The highest BCUT2D eigenvalue weighted by molar-refractivity contribution is 6.20. The number of ketones is 2. The number of carbonyl (C=O) groups is 2. The summed E-state index contributed by atoms with van der Waals surface area (Å²) >= 11 is 0. The van der Waals surface area contributed by atoms with E-state index in [9.17, 15) is 9.59 Å². The van der Waals surface area contributed by atoms with Crippen LogP contribution in [0.4, 0.5) is 11.4 Å². The van der Waals surface area contributed by atoms with Crippen LogP contribution in [-0.4, -0.2) is 54.4 Å². The number of nitrogens with zero attached hydrogens (tertiary/aromatic N) is 2. The van der Waals surface area contributed by atoms with Crippen molar-refractivity contribution in [3.63, 3.8) is 0 Å². The highest BCUT2D eigenvalue weighted by Gasteiger charge is 2.22.